The average Bonchev–Trinajstić information content (AvgIpc) is 2.56. The van der Waals surface area contributed by atoms with Gasteiger partial charge in [0.15, 0.2) is 0 Å². The van der Waals surface area contributed by atoms with Crippen molar-refractivity contribution < 1.29 is 9.59 Å². The van der Waals surface area contributed by atoms with Crippen molar-refractivity contribution in [2.24, 2.45) is 0 Å². The first-order valence-corrected chi connectivity index (χ1v) is 7.93. The number of aromatic amines is 2. The number of amides is 2. The highest BCUT2D eigenvalue weighted by atomic mass is 35.5. The van der Waals surface area contributed by atoms with Crippen LogP contribution in [0.1, 0.15) is 17.3 Å². The number of rotatable bonds is 2. The minimum atomic E-state index is -0.786. The molecule has 3 rings (SSSR count). The molecule has 0 saturated carbocycles. The second-order valence-electron chi connectivity index (χ2n) is 5.75. The van der Waals surface area contributed by atoms with E-state index in [0.717, 1.165) is 6.20 Å². The molecule has 2 aromatic rings. The molecule has 0 unspecified atom stereocenters. The number of anilines is 1. The summed E-state index contributed by atoms with van der Waals surface area (Å²) in [5.74, 6) is -0.890. The molecule has 1 fully saturated rings. The Labute approximate surface area is 147 Å². The third-order valence-corrected chi connectivity index (χ3v) is 4.25. The van der Waals surface area contributed by atoms with Crippen molar-refractivity contribution in [3.05, 3.63) is 61.9 Å². The second-order valence-corrected chi connectivity index (χ2v) is 6.19. The minimum absolute atomic E-state index is 0.176. The van der Waals surface area contributed by atoms with Crippen molar-refractivity contribution in [1.29, 1.82) is 0 Å². The van der Waals surface area contributed by atoms with Crippen LogP contribution in [0, 0.1) is 0 Å². The van der Waals surface area contributed by atoms with Crippen LogP contribution in [0.4, 0.5) is 5.69 Å². The summed E-state index contributed by atoms with van der Waals surface area (Å²) in [5, 5.41) is 0.510. The number of carbonyl (C=O) groups is 2. The molecule has 130 valence electrons. The van der Waals surface area contributed by atoms with Gasteiger partial charge in [0.1, 0.15) is 12.1 Å². The largest absolute Gasteiger partial charge is 0.325 e. The Bertz CT molecular complexity index is 951. The van der Waals surface area contributed by atoms with Crippen molar-refractivity contribution in [1.82, 2.24) is 14.9 Å². The Morgan fingerprint density at radius 2 is 2.04 bits per heavy atom. The van der Waals surface area contributed by atoms with Crippen LogP contribution in [0.3, 0.4) is 0 Å². The average molecular weight is 363 g/mol. The fourth-order valence-electron chi connectivity index (χ4n) is 2.74. The van der Waals surface area contributed by atoms with E-state index in [4.69, 9.17) is 11.6 Å². The lowest BCUT2D eigenvalue weighted by atomic mass is 10.1. The predicted octanol–water partition coefficient (Wildman–Crippen LogP) is 0.594. The summed E-state index contributed by atoms with van der Waals surface area (Å²) in [7, 11) is 0. The van der Waals surface area contributed by atoms with Crippen LogP contribution in [0.15, 0.2) is 40.1 Å². The van der Waals surface area contributed by atoms with Crippen LogP contribution in [0.2, 0.25) is 5.02 Å². The summed E-state index contributed by atoms with van der Waals surface area (Å²) in [4.78, 5) is 55.1. The number of H-pyrrole nitrogens is 2. The van der Waals surface area contributed by atoms with Crippen molar-refractivity contribution in [3.8, 4) is 0 Å². The summed E-state index contributed by atoms with van der Waals surface area (Å²) in [6, 6.07) is 6.57. The first kappa shape index (κ1) is 17.0. The molecule has 2 N–H and O–H groups in total. The van der Waals surface area contributed by atoms with E-state index < -0.39 is 17.2 Å². The lowest BCUT2D eigenvalue weighted by molar-refractivity contribution is -0.121. The van der Waals surface area contributed by atoms with Gasteiger partial charge in [-0.2, -0.15) is 0 Å². The third kappa shape index (κ3) is 3.34. The molecule has 8 nitrogen and oxygen atoms in total. The van der Waals surface area contributed by atoms with Gasteiger partial charge in [-0.15, -0.1) is 0 Å². The molecule has 1 aliphatic rings. The van der Waals surface area contributed by atoms with Gasteiger partial charge < -0.3 is 14.8 Å². The molecule has 0 aliphatic carbocycles. The van der Waals surface area contributed by atoms with E-state index in [9.17, 15) is 19.2 Å². The topological polar surface area (TPSA) is 106 Å². The lowest BCUT2D eigenvalue weighted by Crippen LogP contribution is -2.57. The highest BCUT2D eigenvalue weighted by Crippen LogP contribution is 2.23. The van der Waals surface area contributed by atoms with Gasteiger partial charge in [-0.05, 0) is 25.1 Å². The van der Waals surface area contributed by atoms with Gasteiger partial charge in [-0.25, -0.2) is 4.79 Å². The molecule has 1 aliphatic heterocycles. The molecule has 0 radical (unpaired) electrons. The Hall–Kier alpha value is -2.87. The number of piperazine rings is 1. The zero-order chi connectivity index (χ0) is 18.1. The summed E-state index contributed by atoms with van der Waals surface area (Å²) in [6.45, 7) is 1.87. The van der Waals surface area contributed by atoms with Gasteiger partial charge in [-0.1, -0.05) is 17.7 Å². The van der Waals surface area contributed by atoms with Crippen LogP contribution < -0.4 is 16.1 Å². The van der Waals surface area contributed by atoms with Gasteiger partial charge in [0.05, 0.1) is 0 Å². The zero-order valence-corrected chi connectivity index (χ0v) is 14.0. The van der Waals surface area contributed by atoms with Crippen LogP contribution in [0.5, 0.6) is 0 Å². The SMILES string of the molecule is C[C@@H]1CN(c2cccc(Cl)c2)C(=O)CN1C(=O)c1c[nH]c(=O)[nH]c1=O. The molecule has 1 saturated heterocycles. The minimum Gasteiger partial charge on any atom is -0.325 e. The highest BCUT2D eigenvalue weighted by molar-refractivity contribution is 6.30. The van der Waals surface area contributed by atoms with E-state index in [2.05, 4.69) is 4.98 Å². The third-order valence-electron chi connectivity index (χ3n) is 4.02. The van der Waals surface area contributed by atoms with Crippen molar-refractivity contribution in [3.63, 3.8) is 0 Å². The fourth-order valence-corrected chi connectivity index (χ4v) is 2.92. The zero-order valence-electron chi connectivity index (χ0n) is 13.3. The van der Waals surface area contributed by atoms with Crippen LogP contribution in [-0.4, -0.2) is 45.8 Å². The van der Waals surface area contributed by atoms with E-state index >= 15 is 0 Å². The standard InChI is InChI=1S/C16H15ClN4O4/c1-9-7-21(11-4-2-3-10(17)5-11)13(22)8-20(9)15(24)12-6-18-16(25)19-14(12)23/h2-6,9H,7-8H2,1H3,(H2,18,19,23,25)/t9-/m1/s1. The summed E-state index contributed by atoms with van der Waals surface area (Å²) in [6.07, 6.45) is 1.06. The van der Waals surface area contributed by atoms with Crippen molar-refractivity contribution in [2.75, 3.05) is 18.0 Å². The van der Waals surface area contributed by atoms with E-state index in [1.54, 1.807) is 36.1 Å². The molecule has 2 amide bonds. The van der Waals surface area contributed by atoms with Gasteiger partial charge in [-0.3, -0.25) is 19.4 Å². The first-order valence-electron chi connectivity index (χ1n) is 7.55. The fraction of sp³-hybridized carbons (Fsp3) is 0.250. The Morgan fingerprint density at radius 3 is 2.72 bits per heavy atom. The molecule has 0 spiro atoms. The summed E-state index contributed by atoms with van der Waals surface area (Å²) >= 11 is 5.97. The van der Waals surface area contributed by atoms with Gasteiger partial charge in [0.2, 0.25) is 5.91 Å². The first-order chi connectivity index (χ1) is 11.9. The van der Waals surface area contributed by atoms with Gasteiger partial charge in [0.25, 0.3) is 11.5 Å². The van der Waals surface area contributed by atoms with E-state index in [0.29, 0.717) is 10.7 Å². The quantitative estimate of drug-likeness (QED) is 0.815. The van der Waals surface area contributed by atoms with Crippen LogP contribution in [-0.2, 0) is 4.79 Å². The van der Waals surface area contributed by atoms with Crippen LogP contribution >= 0.6 is 11.6 Å². The summed E-state index contributed by atoms with van der Waals surface area (Å²) in [5.41, 5.74) is -1.05. The Morgan fingerprint density at radius 1 is 1.28 bits per heavy atom. The molecule has 2 heterocycles. The second kappa shape index (κ2) is 6.56. The highest BCUT2D eigenvalue weighted by Gasteiger charge is 2.34. The number of nitrogens with one attached hydrogen (secondary N) is 2. The van der Waals surface area contributed by atoms with Gasteiger partial charge >= 0.3 is 5.69 Å². The molecule has 1 atom stereocenters. The smallest absolute Gasteiger partial charge is 0.325 e. The molecule has 0 bridgehead atoms. The van der Waals surface area contributed by atoms with Crippen LogP contribution in [0.25, 0.3) is 0 Å². The van der Waals surface area contributed by atoms with Crippen molar-refractivity contribution >= 4 is 29.1 Å². The number of hydrogen-bond donors (Lipinski definition) is 2. The molecule has 9 heteroatoms. The molecular weight excluding hydrogens is 348 g/mol. The maximum Gasteiger partial charge on any atom is 0.325 e. The number of benzene rings is 1. The molecule has 25 heavy (non-hydrogen) atoms. The van der Waals surface area contributed by atoms with E-state index in [1.165, 1.54) is 4.90 Å². The lowest BCUT2D eigenvalue weighted by Gasteiger charge is -2.39. The molecule has 1 aromatic heterocycles. The molecular formula is C16H15ClN4O4. The number of hydrogen-bond acceptors (Lipinski definition) is 4. The maximum atomic E-state index is 12.6. The Balaban J connectivity index is 1.85. The van der Waals surface area contributed by atoms with E-state index in [1.807, 2.05) is 4.98 Å². The molecule has 1 aromatic carbocycles. The van der Waals surface area contributed by atoms with Gasteiger partial charge in [0, 0.05) is 29.5 Å². The monoisotopic (exact) mass is 362 g/mol. The maximum absolute atomic E-state index is 12.6. The predicted molar refractivity (Wildman–Crippen MR) is 92.0 cm³/mol. The number of nitrogens with zero attached hydrogens (tertiary/aromatic N) is 2. The Kier molecular flexibility index (Phi) is 4.45. The number of carbonyl (C=O) groups excluding carboxylic acids is 2. The number of aromatic nitrogens is 2. The summed E-state index contributed by atoms with van der Waals surface area (Å²) < 4.78 is 0. The number of halogens is 1. The van der Waals surface area contributed by atoms with E-state index in [-0.39, 0.29) is 30.6 Å². The van der Waals surface area contributed by atoms with Crippen molar-refractivity contribution in [2.45, 2.75) is 13.0 Å². The normalized spacial score (nSPS) is 17.7.